The van der Waals surface area contributed by atoms with Gasteiger partial charge in [0.2, 0.25) is 0 Å². The number of unbranched alkanes of at least 4 members (excludes halogenated alkanes) is 1. The van der Waals surface area contributed by atoms with Crippen molar-refractivity contribution in [2.75, 3.05) is 13.1 Å². The van der Waals surface area contributed by atoms with E-state index in [4.69, 9.17) is 0 Å². The van der Waals surface area contributed by atoms with Gasteiger partial charge in [-0.2, -0.15) is 0 Å². The van der Waals surface area contributed by atoms with Gasteiger partial charge in [-0.3, -0.25) is 9.69 Å². The molecule has 1 fully saturated rings. The fourth-order valence-corrected chi connectivity index (χ4v) is 3.11. The quantitative estimate of drug-likeness (QED) is 0.831. The van der Waals surface area contributed by atoms with Crippen LogP contribution in [0.15, 0.2) is 30.3 Å². The topological polar surface area (TPSA) is 75.9 Å². The number of rotatable bonds is 7. The highest BCUT2D eigenvalue weighted by atomic mass is 16.1. The van der Waals surface area contributed by atoms with E-state index in [0.717, 1.165) is 63.3 Å². The molecule has 2 aromatic rings. The van der Waals surface area contributed by atoms with Crippen molar-refractivity contribution in [1.82, 2.24) is 30.4 Å². The van der Waals surface area contributed by atoms with Gasteiger partial charge in [-0.15, -0.1) is 5.10 Å². The number of amides is 1. The van der Waals surface area contributed by atoms with Crippen LogP contribution in [-0.2, 0) is 13.1 Å². The van der Waals surface area contributed by atoms with Crippen LogP contribution < -0.4 is 5.32 Å². The monoisotopic (exact) mass is 342 g/mol. The first-order valence-electron chi connectivity index (χ1n) is 9.09. The van der Waals surface area contributed by atoms with Gasteiger partial charge in [-0.05, 0) is 41.8 Å². The van der Waals surface area contributed by atoms with Gasteiger partial charge >= 0.3 is 0 Å². The van der Waals surface area contributed by atoms with Gasteiger partial charge < -0.3 is 5.32 Å². The molecule has 1 saturated heterocycles. The van der Waals surface area contributed by atoms with E-state index < -0.39 is 0 Å². The molecule has 0 unspecified atom stereocenters. The highest BCUT2D eigenvalue weighted by Gasteiger charge is 2.22. The van der Waals surface area contributed by atoms with E-state index in [9.17, 15) is 4.79 Å². The van der Waals surface area contributed by atoms with Crippen LogP contribution in [0.3, 0.4) is 0 Å². The van der Waals surface area contributed by atoms with Crippen molar-refractivity contribution in [3.63, 3.8) is 0 Å². The van der Waals surface area contributed by atoms with Crippen molar-refractivity contribution >= 4 is 5.91 Å². The summed E-state index contributed by atoms with van der Waals surface area (Å²) < 4.78 is 1.91. The van der Waals surface area contributed by atoms with Gasteiger partial charge in [-0.25, -0.2) is 4.68 Å². The maximum Gasteiger partial charge on any atom is 0.251 e. The Labute approximate surface area is 148 Å². The van der Waals surface area contributed by atoms with E-state index in [1.165, 1.54) is 0 Å². The Morgan fingerprint density at radius 1 is 1.24 bits per heavy atom. The number of nitrogens with one attached hydrogen (secondary N) is 1. The van der Waals surface area contributed by atoms with Crippen LogP contribution in [0.5, 0.6) is 0 Å². The number of likely N-dealkylation sites (tertiary alicyclic amines) is 1. The molecule has 7 heteroatoms. The molecule has 25 heavy (non-hydrogen) atoms. The number of aryl methyl sites for hydroxylation is 1. The summed E-state index contributed by atoms with van der Waals surface area (Å²) >= 11 is 0. The lowest BCUT2D eigenvalue weighted by Crippen LogP contribution is -2.44. The smallest absolute Gasteiger partial charge is 0.251 e. The average Bonchev–Trinajstić information content (AvgIpc) is 3.09. The van der Waals surface area contributed by atoms with Crippen molar-refractivity contribution in [2.24, 2.45) is 0 Å². The first-order valence-corrected chi connectivity index (χ1v) is 9.09. The molecule has 1 amide bonds. The summed E-state index contributed by atoms with van der Waals surface area (Å²) in [5.41, 5.74) is 0.722. The summed E-state index contributed by atoms with van der Waals surface area (Å²) in [5, 5.41) is 15.2. The molecule has 2 heterocycles. The van der Waals surface area contributed by atoms with Gasteiger partial charge in [0.1, 0.15) is 0 Å². The Kier molecular flexibility index (Phi) is 6.11. The van der Waals surface area contributed by atoms with Gasteiger partial charge in [0.05, 0.1) is 6.54 Å². The van der Waals surface area contributed by atoms with Crippen LogP contribution in [0.1, 0.15) is 48.8 Å². The number of tetrazole rings is 1. The highest BCUT2D eigenvalue weighted by Crippen LogP contribution is 2.14. The van der Waals surface area contributed by atoms with Crippen molar-refractivity contribution in [3.8, 4) is 0 Å². The highest BCUT2D eigenvalue weighted by molar-refractivity contribution is 5.94. The predicted octanol–water partition coefficient (Wildman–Crippen LogP) is 1.87. The molecule has 0 spiro atoms. The van der Waals surface area contributed by atoms with Crippen LogP contribution in [0.2, 0.25) is 0 Å². The Bertz CT molecular complexity index is 663. The summed E-state index contributed by atoms with van der Waals surface area (Å²) in [7, 11) is 0. The summed E-state index contributed by atoms with van der Waals surface area (Å²) in [4.78, 5) is 14.6. The van der Waals surface area contributed by atoms with Crippen LogP contribution in [0, 0.1) is 0 Å². The second kappa shape index (κ2) is 8.71. The number of carbonyl (C=O) groups excluding carboxylic acids is 1. The Balaban J connectivity index is 1.46. The largest absolute Gasteiger partial charge is 0.349 e. The zero-order chi connectivity index (χ0) is 17.5. The average molecular weight is 342 g/mol. The van der Waals surface area contributed by atoms with E-state index in [-0.39, 0.29) is 11.9 Å². The summed E-state index contributed by atoms with van der Waals surface area (Å²) in [5.74, 6) is 0.947. The molecule has 0 bridgehead atoms. The molecule has 0 saturated carbocycles. The summed E-state index contributed by atoms with van der Waals surface area (Å²) in [6.45, 7) is 5.71. The van der Waals surface area contributed by atoms with Gasteiger partial charge in [-0.1, -0.05) is 31.5 Å². The van der Waals surface area contributed by atoms with Crippen molar-refractivity contribution in [3.05, 3.63) is 41.7 Å². The maximum atomic E-state index is 12.2. The molecule has 1 N–H and O–H groups in total. The van der Waals surface area contributed by atoms with E-state index in [1.807, 2.05) is 35.0 Å². The molecule has 0 aliphatic carbocycles. The lowest BCUT2D eigenvalue weighted by Gasteiger charge is -2.31. The number of carbonyl (C=O) groups is 1. The van der Waals surface area contributed by atoms with Crippen molar-refractivity contribution < 1.29 is 4.79 Å². The number of aromatic nitrogens is 4. The first kappa shape index (κ1) is 17.5. The van der Waals surface area contributed by atoms with Crippen molar-refractivity contribution in [1.29, 1.82) is 0 Å². The number of nitrogens with zero attached hydrogens (tertiary/aromatic N) is 5. The van der Waals surface area contributed by atoms with E-state index in [2.05, 4.69) is 32.7 Å². The maximum absolute atomic E-state index is 12.2. The third kappa shape index (κ3) is 4.85. The Morgan fingerprint density at radius 3 is 2.72 bits per heavy atom. The van der Waals surface area contributed by atoms with E-state index in [1.54, 1.807) is 0 Å². The molecular formula is C18H26N6O. The van der Waals surface area contributed by atoms with Crippen molar-refractivity contribution in [2.45, 2.75) is 51.7 Å². The SMILES string of the molecule is CCCCn1nnnc1CN1CCC(NC(=O)c2ccccc2)CC1. The zero-order valence-electron chi connectivity index (χ0n) is 14.8. The summed E-state index contributed by atoms with van der Waals surface area (Å²) in [6, 6.07) is 9.63. The molecule has 134 valence electrons. The summed E-state index contributed by atoms with van der Waals surface area (Å²) in [6.07, 6.45) is 4.13. The number of hydrogen-bond acceptors (Lipinski definition) is 5. The lowest BCUT2D eigenvalue weighted by atomic mass is 10.0. The standard InChI is InChI=1S/C18H26N6O/c1-2-3-11-24-17(20-21-22-24)14-23-12-9-16(10-13-23)19-18(25)15-7-5-4-6-8-15/h4-8,16H,2-3,9-14H2,1H3,(H,19,25). The first-order chi connectivity index (χ1) is 12.3. The van der Waals surface area contributed by atoms with Crippen LogP contribution in [0.25, 0.3) is 0 Å². The minimum atomic E-state index is 0.0163. The molecular weight excluding hydrogens is 316 g/mol. The molecule has 7 nitrogen and oxygen atoms in total. The van der Waals surface area contributed by atoms with Crippen LogP contribution >= 0.6 is 0 Å². The molecule has 3 rings (SSSR count). The molecule has 1 aliphatic rings. The Hall–Kier alpha value is -2.28. The van der Waals surface area contributed by atoms with Gasteiger partial charge in [0.15, 0.2) is 5.82 Å². The number of hydrogen-bond donors (Lipinski definition) is 1. The molecule has 0 atom stereocenters. The minimum Gasteiger partial charge on any atom is -0.349 e. The van der Waals surface area contributed by atoms with Crippen LogP contribution in [-0.4, -0.2) is 50.1 Å². The number of piperidine rings is 1. The predicted molar refractivity (Wildman–Crippen MR) is 94.9 cm³/mol. The molecule has 1 aromatic carbocycles. The van der Waals surface area contributed by atoms with Gasteiger partial charge in [0.25, 0.3) is 5.91 Å². The normalized spacial score (nSPS) is 16.0. The molecule has 1 aliphatic heterocycles. The third-order valence-electron chi connectivity index (χ3n) is 4.65. The second-order valence-electron chi connectivity index (χ2n) is 6.56. The fraction of sp³-hybridized carbons (Fsp3) is 0.556. The minimum absolute atomic E-state index is 0.0163. The number of benzene rings is 1. The zero-order valence-corrected chi connectivity index (χ0v) is 14.8. The van der Waals surface area contributed by atoms with Crippen LogP contribution in [0.4, 0.5) is 0 Å². The molecule has 1 aromatic heterocycles. The van der Waals surface area contributed by atoms with E-state index >= 15 is 0 Å². The second-order valence-corrected chi connectivity index (χ2v) is 6.56. The lowest BCUT2D eigenvalue weighted by molar-refractivity contribution is 0.0907. The molecule has 0 radical (unpaired) electrons. The fourth-order valence-electron chi connectivity index (χ4n) is 3.11. The van der Waals surface area contributed by atoms with E-state index in [0.29, 0.717) is 0 Å². The third-order valence-corrected chi connectivity index (χ3v) is 4.65. The Morgan fingerprint density at radius 2 is 2.00 bits per heavy atom. The van der Waals surface area contributed by atoms with Gasteiger partial charge in [0, 0.05) is 31.2 Å².